The van der Waals surface area contributed by atoms with Crippen molar-refractivity contribution in [2.24, 2.45) is 5.10 Å². The van der Waals surface area contributed by atoms with Gasteiger partial charge in [-0.25, -0.2) is 0 Å². The van der Waals surface area contributed by atoms with Crippen molar-refractivity contribution in [3.05, 3.63) is 33.3 Å². The number of rotatable bonds is 2. The number of H-pyrrole nitrogens is 1. The number of amides is 1. The molecule has 1 aromatic heterocycles. The summed E-state index contributed by atoms with van der Waals surface area (Å²) in [5.74, 6) is -0.835. The van der Waals surface area contributed by atoms with E-state index < -0.39 is 11.7 Å². The zero-order valence-electron chi connectivity index (χ0n) is 11.0. The lowest BCUT2D eigenvalue weighted by Crippen LogP contribution is -2.22. The zero-order chi connectivity index (χ0) is 15.9. The van der Waals surface area contributed by atoms with E-state index in [2.05, 4.69) is 25.7 Å². The SMILES string of the molecule is CC1=NN(c2nn[nH]n2)C(=O)/C1=C/c1cc(Cl)c([O-])c(Cl)c1. The lowest BCUT2D eigenvalue weighted by molar-refractivity contribution is -0.268. The molecule has 0 saturated heterocycles. The van der Waals surface area contributed by atoms with Gasteiger partial charge in [0.05, 0.1) is 11.3 Å². The highest BCUT2D eigenvalue weighted by atomic mass is 35.5. The lowest BCUT2D eigenvalue weighted by Gasteiger charge is -2.11. The molecule has 0 unspecified atom stereocenters. The summed E-state index contributed by atoms with van der Waals surface area (Å²) in [6, 6.07) is 2.86. The number of aromatic nitrogens is 4. The molecule has 1 N–H and O–H groups in total. The molecule has 1 aromatic carbocycles. The van der Waals surface area contributed by atoms with E-state index in [0.717, 1.165) is 5.01 Å². The van der Waals surface area contributed by atoms with Gasteiger partial charge in [0.25, 0.3) is 11.9 Å². The third-order valence-electron chi connectivity index (χ3n) is 2.92. The standard InChI is InChI=1S/C12H8Cl2N6O2/c1-5-7(2-6-3-8(13)10(21)9(14)4-6)11(22)20(17-5)12-15-18-19-16-12/h2-4,21H,1H3,(H,15,16,18,19)/p-1/b7-2+. The van der Waals surface area contributed by atoms with E-state index >= 15 is 0 Å². The normalized spacial score (nSPS) is 16.5. The van der Waals surface area contributed by atoms with Crippen LogP contribution in [0.4, 0.5) is 5.95 Å². The second-order valence-corrected chi connectivity index (χ2v) is 5.20. The number of carbonyl (C=O) groups excluding carboxylic acids is 1. The van der Waals surface area contributed by atoms with Crippen LogP contribution in [0.25, 0.3) is 6.08 Å². The molecule has 0 saturated carbocycles. The average Bonchev–Trinajstić information content (AvgIpc) is 3.08. The molecule has 0 aliphatic carbocycles. The summed E-state index contributed by atoms with van der Waals surface area (Å²) in [6.07, 6.45) is 1.54. The first-order chi connectivity index (χ1) is 10.5. The van der Waals surface area contributed by atoms with Gasteiger partial charge in [-0.15, -0.1) is 5.10 Å². The number of aromatic amines is 1. The number of halogens is 2. The van der Waals surface area contributed by atoms with Gasteiger partial charge in [0.2, 0.25) is 0 Å². The summed E-state index contributed by atoms with van der Waals surface area (Å²) in [6.45, 7) is 1.66. The second kappa shape index (κ2) is 5.39. The Balaban J connectivity index is 1.99. The van der Waals surface area contributed by atoms with Crippen LogP contribution in [-0.2, 0) is 4.79 Å². The monoisotopic (exact) mass is 337 g/mol. The zero-order valence-corrected chi connectivity index (χ0v) is 12.6. The summed E-state index contributed by atoms with van der Waals surface area (Å²) < 4.78 is 0. The van der Waals surface area contributed by atoms with Crippen LogP contribution in [0.1, 0.15) is 12.5 Å². The van der Waals surface area contributed by atoms with Crippen LogP contribution >= 0.6 is 23.2 Å². The van der Waals surface area contributed by atoms with Crippen molar-refractivity contribution in [1.82, 2.24) is 20.6 Å². The molecule has 0 fully saturated rings. The first-order valence-electron chi connectivity index (χ1n) is 5.98. The predicted molar refractivity (Wildman–Crippen MR) is 78.7 cm³/mol. The molecule has 112 valence electrons. The van der Waals surface area contributed by atoms with Gasteiger partial charge in [-0.3, -0.25) is 4.79 Å². The molecule has 0 spiro atoms. The third-order valence-corrected chi connectivity index (χ3v) is 3.48. The molecule has 2 heterocycles. The Morgan fingerprint density at radius 2 is 2.00 bits per heavy atom. The smallest absolute Gasteiger partial charge is 0.293 e. The molecule has 1 amide bonds. The Bertz CT molecular complexity index is 792. The van der Waals surface area contributed by atoms with Crippen LogP contribution in [0.15, 0.2) is 22.8 Å². The predicted octanol–water partition coefficient (Wildman–Crippen LogP) is 1.39. The van der Waals surface area contributed by atoms with Crippen LogP contribution < -0.4 is 10.1 Å². The number of benzene rings is 1. The maximum Gasteiger partial charge on any atom is 0.293 e. The maximum absolute atomic E-state index is 12.3. The molecular weight excluding hydrogens is 331 g/mol. The number of nitrogens with zero attached hydrogens (tertiary/aromatic N) is 5. The molecule has 8 nitrogen and oxygen atoms in total. The Morgan fingerprint density at radius 1 is 1.32 bits per heavy atom. The number of anilines is 1. The minimum atomic E-state index is -0.456. The highest BCUT2D eigenvalue weighted by Gasteiger charge is 2.31. The van der Waals surface area contributed by atoms with E-state index in [0.29, 0.717) is 16.8 Å². The van der Waals surface area contributed by atoms with E-state index in [1.54, 1.807) is 13.0 Å². The fourth-order valence-electron chi connectivity index (χ4n) is 1.90. The molecule has 1 aliphatic rings. The molecule has 0 radical (unpaired) electrons. The van der Waals surface area contributed by atoms with Crippen LogP contribution in [0.3, 0.4) is 0 Å². The van der Waals surface area contributed by atoms with Crippen molar-refractivity contribution < 1.29 is 9.90 Å². The van der Waals surface area contributed by atoms with Gasteiger partial charge < -0.3 is 5.11 Å². The molecule has 2 aromatic rings. The minimum Gasteiger partial charge on any atom is -0.870 e. The van der Waals surface area contributed by atoms with E-state index in [1.165, 1.54) is 12.1 Å². The van der Waals surface area contributed by atoms with Gasteiger partial charge >= 0.3 is 0 Å². The lowest BCUT2D eigenvalue weighted by atomic mass is 10.1. The molecule has 0 atom stereocenters. The molecule has 10 heteroatoms. The van der Waals surface area contributed by atoms with Crippen LogP contribution in [0.2, 0.25) is 10.0 Å². The number of tetrazole rings is 1. The number of carbonyl (C=O) groups is 1. The first kappa shape index (κ1) is 14.5. The Hall–Kier alpha value is -2.45. The summed E-state index contributed by atoms with van der Waals surface area (Å²) in [4.78, 5) is 12.3. The average molecular weight is 338 g/mol. The van der Waals surface area contributed by atoms with Crippen molar-refractivity contribution in [2.75, 3.05) is 5.01 Å². The Morgan fingerprint density at radius 3 is 2.59 bits per heavy atom. The number of nitrogens with one attached hydrogen (secondary N) is 1. The van der Waals surface area contributed by atoms with Gasteiger partial charge in [0.15, 0.2) is 0 Å². The van der Waals surface area contributed by atoms with Crippen molar-refractivity contribution >= 4 is 46.8 Å². The van der Waals surface area contributed by atoms with Gasteiger partial charge in [-0.2, -0.15) is 15.3 Å². The van der Waals surface area contributed by atoms with Crippen molar-refractivity contribution in [2.45, 2.75) is 6.92 Å². The van der Waals surface area contributed by atoms with Crippen molar-refractivity contribution in [1.29, 1.82) is 0 Å². The molecular formula is C12H7Cl2N6O2-. The highest BCUT2D eigenvalue weighted by Crippen LogP contribution is 2.32. The van der Waals surface area contributed by atoms with E-state index in [-0.39, 0.29) is 16.0 Å². The van der Waals surface area contributed by atoms with Gasteiger partial charge in [0, 0.05) is 10.0 Å². The molecule has 0 bridgehead atoms. The number of hydrogen-bond donors (Lipinski definition) is 1. The van der Waals surface area contributed by atoms with E-state index in [9.17, 15) is 9.90 Å². The van der Waals surface area contributed by atoms with Gasteiger partial charge in [-0.1, -0.05) is 34.1 Å². The topological polar surface area (TPSA) is 110 Å². The minimum absolute atomic E-state index is 0.0191. The number of hydrogen-bond acceptors (Lipinski definition) is 6. The highest BCUT2D eigenvalue weighted by molar-refractivity contribution is 6.37. The summed E-state index contributed by atoms with van der Waals surface area (Å²) in [5.41, 5.74) is 1.30. The fourth-order valence-corrected chi connectivity index (χ4v) is 2.40. The molecule has 3 rings (SSSR count). The van der Waals surface area contributed by atoms with Gasteiger partial charge in [-0.05, 0) is 35.9 Å². The van der Waals surface area contributed by atoms with E-state index in [1.807, 2.05) is 0 Å². The number of hydrazone groups is 1. The van der Waals surface area contributed by atoms with Crippen LogP contribution in [0, 0.1) is 0 Å². The summed E-state index contributed by atoms with van der Waals surface area (Å²) in [5, 5.41) is 29.6. The second-order valence-electron chi connectivity index (χ2n) is 4.39. The summed E-state index contributed by atoms with van der Waals surface area (Å²) >= 11 is 11.6. The molecule has 1 aliphatic heterocycles. The molecule has 22 heavy (non-hydrogen) atoms. The largest absolute Gasteiger partial charge is 0.870 e. The van der Waals surface area contributed by atoms with Gasteiger partial charge in [0.1, 0.15) is 0 Å². The quantitative estimate of drug-likeness (QED) is 0.832. The van der Waals surface area contributed by atoms with Crippen molar-refractivity contribution in [3.8, 4) is 5.75 Å². The van der Waals surface area contributed by atoms with E-state index in [4.69, 9.17) is 23.2 Å². The Labute approximate surface area is 134 Å². The third kappa shape index (κ3) is 2.42. The van der Waals surface area contributed by atoms with Crippen molar-refractivity contribution in [3.63, 3.8) is 0 Å². The first-order valence-corrected chi connectivity index (χ1v) is 6.74. The Kier molecular flexibility index (Phi) is 3.55. The summed E-state index contributed by atoms with van der Waals surface area (Å²) in [7, 11) is 0. The van der Waals surface area contributed by atoms with Crippen LogP contribution in [-0.4, -0.2) is 32.2 Å². The maximum atomic E-state index is 12.3. The van der Waals surface area contributed by atoms with Crippen LogP contribution in [0.5, 0.6) is 5.75 Å². The fraction of sp³-hybridized carbons (Fsp3) is 0.0833.